The fourth-order valence-corrected chi connectivity index (χ4v) is 6.84. The molecule has 3 unspecified atom stereocenters. The first-order valence-electron chi connectivity index (χ1n) is 9.79. The molecule has 162 valence electrons. The highest BCUT2D eigenvalue weighted by atomic mass is 32.2. The van der Waals surface area contributed by atoms with Crippen LogP contribution in [0.15, 0.2) is 16.0 Å². The maximum Gasteiger partial charge on any atom is 0.355 e. The molecular weight excluding hydrogens is 430 g/mol. The van der Waals surface area contributed by atoms with Crippen molar-refractivity contribution in [2.75, 3.05) is 18.0 Å². The Kier molecular flexibility index (Phi) is 5.54. The third-order valence-corrected chi connectivity index (χ3v) is 8.55. The summed E-state index contributed by atoms with van der Waals surface area (Å²) in [5.74, 6) is -3.15. The van der Waals surface area contributed by atoms with Crippen molar-refractivity contribution in [1.82, 2.24) is 9.88 Å². The first kappa shape index (κ1) is 21.1. The molecule has 0 aliphatic carbocycles. The second kappa shape index (κ2) is 7.86. The van der Waals surface area contributed by atoms with Crippen molar-refractivity contribution in [2.24, 2.45) is 11.8 Å². The van der Waals surface area contributed by atoms with Gasteiger partial charge >= 0.3 is 11.9 Å². The molecule has 0 radical (unpaired) electrons. The van der Waals surface area contributed by atoms with E-state index in [2.05, 4.69) is 9.88 Å². The number of hydrogen-bond acceptors (Lipinski definition) is 8. The predicted molar refractivity (Wildman–Crippen MR) is 112 cm³/mol. The lowest BCUT2D eigenvalue weighted by atomic mass is 9.79. The van der Waals surface area contributed by atoms with Gasteiger partial charge in [-0.2, -0.15) is 0 Å². The van der Waals surface area contributed by atoms with Gasteiger partial charge in [-0.1, -0.05) is 6.92 Å². The number of aromatic carboxylic acids is 1. The number of thioether (sulfide) groups is 1. The number of fused-ring (bicyclic) bond motifs is 1. The van der Waals surface area contributed by atoms with Crippen molar-refractivity contribution in [3.63, 3.8) is 0 Å². The average molecular weight is 454 g/mol. The number of rotatable bonds is 6. The Labute approximate surface area is 181 Å². The van der Waals surface area contributed by atoms with Crippen LogP contribution in [0.5, 0.6) is 0 Å². The van der Waals surface area contributed by atoms with Gasteiger partial charge in [0.15, 0.2) is 10.8 Å². The van der Waals surface area contributed by atoms with Gasteiger partial charge in [-0.3, -0.25) is 4.79 Å². The lowest BCUT2D eigenvalue weighted by Gasteiger charge is -2.46. The molecular formula is C19H23N3O6S2. The lowest BCUT2D eigenvalue weighted by Crippen LogP contribution is -2.63. The minimum Gasteiger partial charge on any atom is -0.477 e. The number of aliphatic hydroxyl groups is 1. The Bertz CT molecular complexity index is 921. The maximum absolute atomic E-state index is 12.4. The van der Waals surface area contributed by atoms with E-state index in [0.29, 0.717) is 23.1 Å². The first-order valence-corrected chi connectivity index (χ1v) is 11.6. The standard InChI is InChI=1S/C19H23N3O6S2/c1-8-13-12(9(2)23)16(24)22(13)14(18(27)28)15(8)30-10-3-5-21(6-4-10)19-20-11(7-29-19)17(25)26/h7-10,12-13,23H,3-6H2,1-2H3,(H,25,26)(H,27,28)/t8-,9?,12?,13?/m1/s1. The Morgan fingerprint density at radius 2 is 1.93 bits per heavy atom. The van der Waals surface area contributed by atoms with E-state index in [0.717, 1.165) is 12.8 Å². The zero-order valence-electron chi connectivity index (χ0n) is 16.5. The van der Waals surface area contributed by atoms with Gasteiger partial charge in [0.05, 0.1) is 18.1 Å². The lowest BCUT2D eigenvalue weighted by molar-refractivity contribution is -0.163. The van der Waals surface area contributed by atoms with E-state index in [-0.39, 0.29) is 34.5 Å². The van der Waals surface area contributed by atoms with Crippen LogP contribution >= 0.6 is 23.1 Å². The van der Waals surface area contributed by atoms with E-state index >= 15 is 0 Å². The molecule has 4 heterocycles. The third kappa shape index (κ3) is 3.38. The molecule has 0 saturated carbocycles. The molecule has 9 nitrogen and oxygen atoms in total. The SMILES string of the molecule is CC(O)C1C(=O)N2C(C(=O)O)=C(SC3CCN(c4nc(C(=O)O)cs4)CC3)[C@H](C)C12. The van der Waals surface area contributed by atoms with E-state index in [1.165, 1.54) is 33.4 Å². The van der Waals surface area contributed by atoms with Crippen LogP contribution in [0.2, 0.25) is 0 Å². The smallest absolute Gasteiger partial charge is 0.355 e. The highest BCUT2D eigenvalue weighted by Crippen LogP contribution is 2.52. The van der Waals surface area contributed by atoms with Crippen LogP contribution in [0.25, 0.3) is 0 Å². The molecule has 2 fully saturated rings. The number of β-lactam (4-membered cyclic amide) rings is 1. The van der Waals surface area contributed by atoms with Crippen LogP contribution in [0.3, 0.4) is 0 Å². The van der Waals surface area contributed by atoms with Crippen molar-refractivity contribution in [1.29, 1.82) is 0 Å². The van der Waals surface area contributed by atoms with Gasteiger partial charge < -0.3 is 25.1 Å². The zero-order valence-corrected chi connectivity index (χ0v) is 18.2. The summed E-state index contributed by atoms with van der Waals surface area (Å²) in [6, 6.07) is -0.295. The highest BCUT2D eigenvalue weighted by molar-refractivity contribution is 8.03. The number of aliphatic carboxylic acids is 1. The molecule has 0 bridgehead atoms. The highest BCUT2D eigenvalue weighted by Gasteiger charge is 2.60. The van der Waals surface area contributed by atoms with E-state index in [1.807, 2.05) is 6.92 Å². The second-order valence-electron chi connectivity index (χ2n) is 7.90. The van der Waals surface area contributed by atoms with Gasteiger partial charge in [0.25, 0.3) is 0 Å². The molecule has 2 saturated heterocycles. The Morgan fingerprint density at radius 1 is 1.27 bits per heavy atom. The molecule has 3 aliphatic heterocycles. The van der Waals surface area contributed by atoms with Crippen LogP contribution < -0.4 is 4.90 Å². The summed E-state index contributed by atoms with van der Waals surface area (Å²) < 4.78 is 0. The zero-order chi connectivity index (χ0) is 21.7. The molecule has 3 N–H and O–H groups in total. The van der Waals surface area contributed by atoms with Gasteiger partial charge in [0.2, 0.25) is 5.91 Å². The van der Waals surface area contributed by atoms with E-state index in [4.69, 9.17) is 5.11 Å². The molecule has 4 rings (SSSR count). The van der Waals surface area contributed by atoms with E-state index in [9.17, 15) is 24.6 Å². The number of carbonyl (C=O) groups is 3. The van der Waals surface area contributed by atoms with Gasteiger partial charge in [-0.05, 0) is 19.8 Å². The average Bonchev–Trinajstić information content (AvgIpc) is 3.26. The van der Waals surface area contributed by atoms with Gasteiger partial charge in [-0.25, -0.2) is 14.6 Å². The van der Waals surface area contributed by atoms with Crippen molar-refractivity contribution in [2.45, 2.75) is 44.1 Å². The number of piperidine rings is 1. The Balaban J connectivity index is 1.45. The van der Waals surface area contributed by atoms with E-state index in [1.54, 1.807) is 6.92 Å². The predicted octanol–water partition coefficient (Wildman–Crippen LogP) is 1.70. The molecule has 3 aliphatic rings. The monoisotopic (exact) mass is 453 g/mol. The number of hydrogen-bond donors (Lipinski definition) is 3. The first-order chi connectivity index (χ1) is 14.2. The summed E-state index contributed by atoms with van der Waals surface area (Å²) >= 11 is 2.84. The Morgan fingerprint density at radius 3 is 2.47 bits per heavy atom. The second-order valence-corrected chi connectivity index (χ2v) is 10.1. The molecule has 0 aromatic carbocycles. The fraction of sp³-hybridized carbons (Fsp3) is 0.579. The number of carbonyl (C=O) groups excluding carboxylic acids is 1. The normalized spacial score (nSPS) is 27.8. The largest absolute Gasteiger partial charge is 0.477 e. The number of amides is 1. The number of carboxylic acid groups (broad SMARTS) is 2. The quantitative estimate of drug-likeness (QED) is 0.551. The number of carboxylic acids is 2. The van der Waals surface area contributed by atoms with Gasteiger partial charge in [-0.15, -0.1) is 23.1 Å². The third-order valence-electron chi connectivity index (χ3n) is 6.03. The number of aliphatic hydroxyl groups excluding tert-OH is 1. The van der Waals surface area contributed by atoms with Crippen LogP contribution in [0.4, 0.5) is 5.13 Å². The van der Waals surface area contributed by atoms with Crippen LogP contribution in [0.1, 0.15) is 37.2 Å². The molecule has 1 amide bonds. The van der Waals surface area contributed by atoms with Crippen LogP contribution in [-0.2, 0) is 9.59 Å². The Hall–Kier alpha value is -2.11. The number of aromatic nitrogens is 1. The summed E-state index contributed by atoms with van der Waals surface area (Å²) in [4.78, 5) is 43.7. The van der Waals surface area contributed by atoms with Gasteiger partial charge in [0.1, 0.15) is 5.70 Å². The summed E-state index contributed by atoms with van der Waals surface area (Å²) in [6.07, 6.45) is 0.792. The summed E-state index contributed by atoms with van der Waals surface area (Å²) in [5, 5.41) is 31.1. The fourth-order valence-electron chi connectivity index (χ4n) is 4.53. The van der Waals surface area contributed by atoms with Crippen molar-refractivity contribution in [3.05, 3.63) is 21.7 Å². The molecule has 11 heteroatoms. The van der Waals surface area contributed by atoms with Crippen molar-refractivity contribution in [3.8, 4) is 0 Å². The summed E-state index contributed by atoms with van der Waals surface area (Å²) in [7, 11) is 0. The molecule has 4 atom stereocenters. The number of thiazole rings is 1. The van der Waals surface area contributed by atoms with Crippen LogP contribution in [0, 0.1) is 11.8 Å². The summed E-state index contributed by atoms with van der Waals surface area (Å²) in [5.41, 5.74) is 0.109. The van der Waals surface area contributed by atoms with E-state index < -0.39 is 24.0 Å². The summed E-state index contributed by atoms with van der Waals surface area (Å²) in [6.45, 7) is 4.91. The molecule has 0 spiro atoms. The number of nitrogens with zero attached hydrogens (tertiary/aromatic N) is 3. The van der Waals surface area contributed by atoms with Crippen LogP contribution in [-0.4, -0.2) is 73.5 Å². The number of anilines is 1. The van der Waals surface area contributed by atoms with Gasteiger partial charge in [0, 0.05) is 34.5 Å². The van der Waals surface area contributed by atoms with Crippen molar-refractivity contribution >= 4 is 46.1 Å². The van der Waals surface area contributed by atoms with Crippen molar-refractivity contribution < 1.29 is 29.7 Å². The molecule has 1 aromatic rings. The minimum atomic E-state index is -1.11. The topological polar surface area (TPSA) is 131 Å². The molecule has 30 heavy (non-hydrogen) atoms. The maximum atomic E-state index is 12.4. The minimum absolute atomic E-state index is 0.0457. The molecule has 1 aromatic heterocycles.